The molecule has 0 aromatic heterocycles. The number of amides is 1. The van der Waals surface area contributed by atoms with Crippen molar-refractivity contribution in [3.63, 3.8) is 0 Å². The van der Waals surface area contributed by atoms with Crippen LogP contribution in [0, 0.1) is 5.92 Å². The van der Waals surface area contributed by atoms with Gasteiger partial charge in [-0.15, -0.1) is 0 Å². The molecule has 0 spiro atoms. The van der Waals surface area contributed by atoms with Crippen LogP contribution in [-0.4, -0.2) is 11.9 Å². The van der Waals surface area contributed by atoms with Crippen molar-refractivity contribution in [2.24, 2.45) is 5.92 Å². The van der Waals surface area contributed by atoms with E-state index in [9.17, 15) is 4.79 Å². The molecule has 10 heavy (non-hydrogen) atoms. The Morgan fingerprint density at radius 1 is 1.70 bits per heavy atom. The van der Waals surface area contributed by atoms with Crippen LogP contribution >= 0.6 is 0 Å². The molecule has 0 aromatic carbocycles. The molecule has 0 aromatic rings. The summed E-state index contributed by atoms with van der Waals surface area (Å²) in [6, 6.07) is -1.58. The highest BCUT2D eigenvalue weighted by Crippen LogP contribution is 2.02. The Labute approximate surface area is 67.2 Å². The van der Waals surface area contributed by atoms with E-state index in [0.29, 0.717) is 0 Å². The third kappa shape index (κ3) is 5.60. The highest BCUT2D eigenvalue weighted by Gasteiger charge is 2.04. The van der Waals surface area contributed by atoms with E-state index in [4.69, 9.17) is 4.11 Å². The fourth-order valence-corrected chi connectivity index (χ4v) is 0.733. The topological polar surface area (TPSA) is 29.1 Å². The number of hydrogen-bond donors (Lipinski definition) is 1. The Balaban J connectivity index is 4.70. The Morgan fingerprint density at radius 2 is 2.20 bits per heavy atom. The smallest absolute Gasteiger partial charge is 0.217 e. The molecule has 1 amide bonds. The maximum Gasteiger partial charge on any atom is 0.217 e. The van der Waals surface area contributed by atoms with Gasteiger partial charge in [0, 0.05) is 15.7 Å². The van der Waals surface area contributed by atoms with Crippen LogP contribution in [0.3, 0.4) is 0 Å². The lowest BCUT2D eigenvalue weighted by Crippen LogP contribution is -2.31. The molecule has 1 N–H and O–H groups in total. The Hall–Kier alpha value is -0.530. The van der Waals surface area contributed by atoms with Crippen molar-refractivity contribution in [3.05, 3.63) is 0 Å². The molecule has 0 saturated heterocycles. The first-order valence-electron chi connectivity index (χ1n) is 4.90. The first kappa shape index (κ1) is 5.16. The van der Waals surface area contributed by atoms with Gasteiger partial charge in [-0.1, -0.05) is 13.8 Å². The van der Waals surface area contributed by atoms with Crippen LogP contribution in [0.15, 0.2) is 0 Å². The molecule has 0 bridgehead atoms. The summed E-state index contributed by atoms with van der Waals surface area (Å²) in [4.78, 5) is 10.7. The van der Waals surface area contributed by atoms with Crippen molar-refractivity contribution in [1.29, 1.82) is 0 Å². The summed E-state index contributed by atoms with van der Waals surface area (Å²) < 4.78 is 23.0. The van der Waals surface area contributed by atoms with E-state index in [0.717, 1.165) is 0 Å². The van der Waals surface area contributed by atoms with Gasteiger partial charge in [-0.3, -0.25) is 4.79 Å². The van der Waals surface area contributed by atoms with E-state index in [1.54, 1.807) is 13.8 Å². The second kappa shape index (κ2) is 4.31. The number of carbonyl (C=O) groups is 1. The first-order chi connectivity index (χ1) is 5.61. The fraction of sp³-hybridized carbons (Fsp3) is 0.875. The monoisotopic (exact) mass is 146 g/mol. The largest absolute Gasteiger partial charge is 0.354 e. The van der Waals surface area contributed by atoms with Crippen LogP contribution in [0.4, 0.5) is 0 Å². The van der Waals surface area contributed by atoms with E-state index >= 15 is 0 Å². The predicted octanol–water partition coefficient (Wildman–Crippen LogP) is 1.56. The van der Waals surface area contributed by atoms with Crippen LogP contribution in [-0.2, 0) is 4.79 Å². The van der Waals surface area contributed by atoms with Crippen molar-refractivity contribution in [1.82, 2.24) is 5.32 Å². The van der Waals surface area contributed by atoms with Crippen molar-refractivity contribution in [2.45, 2.75) is 40.1 Å². The van der Waals surface area contributed by atoms with Gasteiger partial charge in [-0.25, -0.2) is 0 Å². The number of nitrogens with one attached hydrogen (secondary N) is 1. The van der Waals surface area contributed by atoms with E-state index < -0.39 is 12.4 Å². The first-order valence-corrected chi connectivity index (χ1v) is 3.40. The maximum absolute atomic E-state index is 10.7. The van der Waals surface area contributed by atoms with Gasteiger partial charge in [0.2, 0.25) is 5.91 Å². The van der Waals surface area contributed by atoms with E-state index in [1.807, 2.05) is 0 Å². The highest BCUT2D eigenvalue weighted by atomic mass is 16.1. The quantitative estimate of drug-likeness (QED) is 0.643. The Morgan fingerprint density at radius 3 is 2.50 bits per heavy atom. The third-order valence-electron chi connectivity index (χ3n) is 0.869. The summed E-state index contributed by atoms with van der Waals surface area (Å²) in [6.07, 6.45) is -1.74. The SMILES string of the molecule is [2H]C([2H])(C(C)C)[C@]([2H])(C)NC(C)=O. The summed E-state index contributed by atoms with van der Waals surface area (Å²) in [7, 11) is 0. The lowest BCUT2D eigenvalue weighted by atomic mass is 10.1. The molecule has 0 unspecified atom stereocenters. The second-order valence-electron chi connectivity index (χ2n) is 2.61. The van der Waals surface area contributed by atoms with Gasteiger partial charge in [0.25, 0.3) is 0 Å². The standard InChI is InChI=1S/C8H17NO/c1-6(2)5-7(3)9-8(4)10/h6-7H,5H2,1-4H3,(H,9,10)/t7-/m0/s1/i5D2,7D. The summed E-state index contributed by atoms with van der Waals surface area (Å²) >= 11 is 0. The van der Waals surface area contributed by atoms with Crippen LogP contribution < -0.4 is 5.32 Å². The molecule has 0 heterocycles. The zero-order valence-electron chi connectivity index (χ0n) is 9.99. The molecule has 60 valence electrons. The van der Waals surface area contributed by atoms with Crippen molar-refractivity contribution < 1.29 is 8.91 Å². The molecule has 2 nitrogen and oxygen atoms in total. The van der Waals surface area contributed by atoms with Gasteiger partial charge in [0.05, 0.1) is 1.37 Å². The van der Waals surface area contributed by atoms with E-state index in [1.165, 1.54) is 13.8 Å². The number of rotatable bonds is 3. The average Bonchev–Trinajstić information content (AvgIpc) is 1.83. The lowest BCUT2D eigenvalue weighted by molar-refractivity contribution is -0.119. The predicted molar refractivity (Wildman–Crippen MR) is 42.7 cm³/mol. The minimum Gasteiger partial charge on any atom is -0.354 e. The summed E-state index contributed by atoms with van der Waals surface area (Å²) in [5.74, 6) is -0.705. The molecule has 0 fully saturated rings. The summed E-state index contributed by atoms with van der Waals surface area (Å²) in [5.41, 5.74) is 0. The molecule has 0 radical (unpaired) electrons. The molecule has 2 heteroatoms. The summed E-state index contributed by atoms with van der Waals surface area (Å²) in [5, 5.41) is 2.29. The zero-order chi connectivity index (χ0) is 10.9. The minimum atomic E-state index is -1.74. The van der Waals surface area contributed by atoms with Gasteiger partial charge in [0.1, 0.15) is 0 Å². The van der Waals surface area contributed by atoms with Crippen molar-refractivity contribution >= 4 is 5.91 Å². The normalized spacial score (nSPS) is 22.3. The molecular weight excluding hydrogens is 126 g/mol. The molecule has 0 saturated carbocycles. The van der Waals surface area contributed by atoms with Gasteiger partial charge in [0.15, 0.2) is 0 Å². The summed E-state index contributed by atoms with van der Waals surface area (Å²) in [6.45, 7) is 6.03. The molecular formula is C8H17NO. The van der Waals surface area contributed by atoms with Crippen molar-refractivity contribution in [2.75, 3.05) is 0 Å². The molecule has 0 aliphatic heterocycles. The fourth-order valence-electron chi connectivity index (χ4n) is 0.733. The van der Waals surface area contributed by atoms with E-state index in [2.05, 4.69) is 5.32 Å². The van der Waals surface area contributed by atoms with Gasteiger partial charge in [-0.05, 0) is 19.2 Å². The number of carbonyl (C=O) groups excluding carboxylic acids is 1. The third-order valence-corrected chi connectivity index (χ3v) is 0.869. The number of hydrogen-bond acceptors (Lipinski definition) is 1. The highest BCUT2D eigenvalue weighted by molar-refractivity contribution is 5.73. The van der Waals surface area contributed by atoms with Gasteiger partial charge < -0.3 is 5.32 Å². The second-order valence-corrected chi connectivity index (χ2v) is 2.61. The molecule has 1 atom stereocenters. The molecule has 0 rings (SSSR count). The zero-order valence-corrected chi connectivity index (χ0v) is 6.99. The van der Waals surface area contributed by atoms with Crippen LogP contribution in [0.1, 0.15) is 38.2 Å². The Bertz CT molecular complexity index is 202. The Kier molecular flexibility index (Phi) is 2.23. The maximum atomic E-state index is 10.7. The molecule has 0 aliphatic carbocycles. The van der Waals surface area contributed by atoms with Crippen molar-refractivity contribution in [3.8, 4) is 0 Å². The van der Waals surface area contributed by atoms with Gasteiger partial charge >= 0.3 is 0 Å². The van der Waals surface area contributed by atoms with E-state index in [-0.39, 0.29) is 11.8 Å². The minimum absolute atomic E-state index is 0.318. The lowest BCUT2D eigenvalue weighted by Gasteiger charge is -2.13. The van der Waals surface area contributed by atoms with Crippen LogP contribution in [0.5, 0.6) is 0 Å². The van der Waals surface area contributed by atoms with Gasteiger partial charge in [-0.2, -0.15) is 0 Å². The molecule has 0 aliphatic rings. The van der Waals surface area contributed by atoms with Crippen LogP contribution in [0.2, 0.25) is 0 Å². The average molecular weight is 146 g/mol. The van der Waals surface area contributed by atoms with Crippen LogP contribution in [0.25, 0.3) is 0 Å².